The smallest absolute Gasteiger partial charge is 0.328 e. The number of nitrogens with one attached hydrogen (secondary N) is 1. The standard InChI is InChI=1S/C19H19F2NO3/c1-12-3-5-13(6-4-12)10-17(19(24)25-2)22-18(23)11-14-7-8-15(20)16(21)9-14/h3-9,17H,10-11H2,1-2H3,(H,22,23)/t17-/m0/s1. The number of carbonyl (C=O) groups is 2. The van der Waals surface area contributed by atoms with Gasteiger partial charge in [0.25, 0.3) is 0 Å². The third-order valence-corrected chi connectivity index (χ3v) is 3.73. The molecule has 4 nitrogen and oxygen atoms in total. The number of aryl methyl sites for hydroxylation is 1. The van der Waals surface area contributed by atoms with E-state index in [2.05, 4.69) is 5.32 Å². The van der Waals surface area contributed by atoms with E-state index in [0.717, 1.165) is 23.3 Å². The van der Waals surface area contributed by atoms with Crippen molar-refractivity contribution < 1.29 is 23.1 Å². The number of hydrogen-bond acceptors (Lipinski definition) is 3. The van der Waals surface area contributed by atoms with Gasteiger partial charge in [-0.15, -0.1) is 0 Å². The van der Waals surface area contributed by atoms with Crippen LogP contribution in [0.4, 0.5) is 8.78 Å². The summed E-state index contributed by atoms with van der Waals surface area (Å²) in [5.74, 6) is -3.04. The van der Waals surface area contributed by atoms with Crippen molar-refractivity contribution in [2.24, 2.45) is 0 Å². The van der Waals surface area contributed by atoms with Crippen LogP contribution in [0.5, 0.6) is 0 Å². The van der Waals surface area contributed by atoms with Crippen LogP contribution in [0, 0.1) is 18.6 Å². The summed E-state index contributed by atoms with van der Waals surface area (Å²) in [6.45, 7) is 1.95. The lowest BCUT2D eigenvalue weighted by atomic mass is 10.0. The fourth-order valence-corrected chi connectivity index (χ4v) is 2.38. The van der Waals surface area contributed by atoms with Gasteiger partial charge in [0.2, 0.25) is 5.91 Å². The first kappa shape index (κ1) is 18.6. The molecule has 0 aliphatic carbocycles. The fraction of sp³-hybridized carbons (Fsp3) is 0.263. The SMILES string of the molecule is COC(=O)[C@H](Cc1ccc(C)cc1)NC(=O)Cc1ccc(F)c(F)c1. The average Bonchev–Trinajstić information content (AvgIpc) is 2.58. The first-order chi connectivity index (χ1) is 11.9. The van der Waals surface area contributed by atoms with Crippen LogP contribution in [0.3, 0.4) is 0 Å². The minimum absolute atomic E-state index is 0.168. The molecule has 6 heteroatoms. The molecule has 0 radical (unpaired) electrons. The molecular formula is C19H19F2NO3. The summed E-state index contributed by atoms with van der Waals surface area (Å²) in [7, 11) is 1.24. The largest absolute Gasteiger partial charge is 0.467 e. The molecule has 132 valence electrons. The monoisotopic (exact) mass is 347 g/mol. The number of carbonyl (C=O) groups excluding carboxylic acids is 2. The summed E-state index contributed by atoms with van der Waals surface area (Å²) in [6, 6.07) is 9.94. The summed E-state index contributed by atoms with van der Waals surface area (Å²) in [6.07, 6.45) is 0.106. The Balaban J connectivity index is 2.05. The Bertz CT molecular complexity index is 760. The van der Waals surface area contributed by atoms with Crippen molar-refractivity contribution in [2.75, 3.05) is 7.11 Å². The molecule has 0 aromatic heterocycles. The maximum atomic E-state index is 13.2. The highest BCUT2D eigenvalue weighted by atomic mass is 19.2. The molecule has 0 aliphatic heterocycles. The number of rotatable bonds is 6. The Hall–Kier alpha value is -2.76. The van der Waals surface area contributed by atoms with E-state index in [1.165, 1.54) is 13.2 Å². The Morgan fingerprint density at radius 3 is 2.28 bits per heavy atom. The molecule has 25 heavy (non-hydrogen) atoms. The first-order valence-electron chi connectivity index (χ1n) is 7.75. The van der Waals surface area contributed by atoms with Gasteiger partial charge in [0, 0.05) is 6.42 Å². The Kier molecular flexibility index (Phi) is 6.22. The lowest BCUT2D eigenvalue weighted by Crippen LogP contribution is -2.43. The van der Waals surface area contributed by atoms with Crippen molar-refractivity contribution in [1.82, 2.24) is 5.32 Å². The van der Waals surface area contributed by atoms with Crippen molar-refractivity contribution in [3.05, 3.63) is 70.8 Å². The van der Waals surface area contributed by atoms with Gasteiger partial charge in [0.05, 0.1) is 13.5 Å². The lowest BCUT2D eigenvalue weighted by molar-refractivity contribution is -0.145. The van der Waals surface area contributed by atoms with Crippen LogP contribution in [0.2, 0.25) is 0 Å². The summed E-state index contributed by atoms with van der Waals surface area (Å²) in [4.78, 5) is 24.1. The quantitative estimate of drug-likeness (QED) is 0.818. The molecule has 0 unspecified atom stereocenters. The third-order valence-electron chi connectivity index (χ3n) is 3.73. The molecule has 0 aliphatic rings. The average molecular weight is 347 g/mol. The van der Waals surface area contributed by atoms with Gasteiger partial charge in [0.15, 0.2) is 11.6 Å². The molecule has 0 bridgehead atoms. The highest BCUT2D eigenvalue weighted by Gasteiger charge is 2.22. The molecule has 1 N–H and O–H groups in total. The molecule has 0 saturated heterocycles. The highest BCUT2D eigenvalue weighted by molar-refractivity contribution is 5.85. The molecule has 2 aromatic carbocycles. The van der Waals surface area contributed by atoms with Gasteiger partial charge in [-0.2, -0.15) is 0 Å². The fourth-order valence-electron chi connectivity index (χ4n) is 2.38. The van der Waals surface area contributed by atoms with Crippen LogP contribution in [0.1, 0.15) is 16.7 Å². The zero-order chi connectivity index (χ0) is 18.4. The van der Waals surface area contributed by atoms with Crippen LogP contribution in [0.25, 0.3) is 0 Å². The van der Waals surface area contributed by atoms with E-state index in [-0.39, 0.29) is 12.8 Å². The maximum absolute atomic E-state index is 13.2. The second-order valence-electron chi connectivity index (χ2n) is 5.76. The van der Waals surface area contributed by atoms with Gasteiger partial charge >= 0.3 is 5.97 Å². The molecular weight excluding hydrogens is 328 g/mol. The van der Waals surface area contributed by atoms with Gasteiger partial charge in [-0.1, -0.05) is 35.9 Å². The molecule has 2 aromatic rings. The van der Waals surface area contributed by atoms with E-state index in [1.807, 2.05) is 31.2 Å². The molecule has 0 fully saturated rings. The Morgan fingerprint density at radius 2 is 1.68 bits per heavy atom. The number of halogens is 2. The van der Waals surface area contributed by atoms with E-state index in [1.54, 1.807) is 0 Å². The zero-order valence-corrected chi connectivity index (χ0v) is 14.0. The molecule has 0 heterocycles. The van der Waals surface area contributed by atoms with E-state index < -0.39 is 29.6 Å². The topological polar surface area (TPSA) is 55.4 Å². The van der Waals surface area contributed by atoms with Gasteiger partial charge < -0.3 is 10.1 Å². The van der Waals surface area contributed by atoms with Crippen molar-refractivity contribution in [2.45, 2.75) is 25.8 Å². The second kappa shape index (κ2) is 8.37. The van der Waals surface area contributed by atoms with Crippen LogP contribution < -0.4 is 5.32 Å². The molecule has 0 saturated carbocycles. The van der Waals surface area contributed by atoms with Crippen LogP contribution in [-0.2, 0) is 27.2 Å². The number of methoxy groups -OCH3 is 1. The first-order valence-corrected chi connectivity index (χ1v) is 7.75. The maximum Gasteiger partial charge on any atom is 0.328 e. The summed E-state index contributed by atoms with van der Waals surface area (Å²) in [5.41, 5.74) is 2.27. The van der Waals surface area contributed by atoms with Crippen molar-refractivity contribution >= 4 is 11.9 Å². The summed E-state index contributed by atoms with van der Waals surface area (Å²) in [5, 5.41) is 2.58. The number of hydrogen-bond donors (Lipinski definition) is 1. The van der Waals surface area contributed by atoms with Crippen LogP contribution in [-0.4, -0.2) is 25.0 Å². The van der Waals surface area contributed by atoms with Gasteiger partial charge in [-0.05, 0) is 30.2 Å². The highest BCUT2D eigenvalue weighted by Crippen LogP contribution is 2.10. The second-order valence-corrected chi connectivity index (χ2v) is 5.76. The summed E-state index contributed by atoms with van der Waals surface area (Å²) < 4.78 is 30.9. The minimum atomic E-state index is -1.02. The minimum Gasteiger partial charge on any atom is -0.467 e. The van der Waals surface area contributed by atoms with E-state index >= 15 is 0 Å². The number of amides is 1. The predicted molar refractivity (Wildman–Crippen MR) is 88.9 cm³/mol. The van der Waals surface area contributed by atoms with Crippen molar-refractivity contribution in [3.8, 4) is 0 Å². The van der Waals surface area contributed by atoms with Crippen molar-refractivity contribution in [3.63, 3.8) is 0 Å². The van der Waals surface area contributed by atoms with Crippen LogP contribution >= 0.6 is 0 Å². The van der Waals surface area contributed by atoms with Gasteiger partial charge in [-0.25, -0.2) is 13.6 Å². The van der Waals surface area contributed by atoms with E-state index in [0.29, 0.717) is 5.56 Å². The Labute approximate surface area is 144 Å². The van der Waals surface area contributed by atoms with E-state index in [4.69, 9.17) is 4.74 Å². The number of ether oxygens (including phenoxy) is 1. The third kappa shape index (κ3) is 5.38. The predicted octanol–water partition coefficient (Wildman–Crippen LogP) is 2.72. The molecule has 1 atom stereocenters. The molecule has 0 spiro atoms. The summed E-state index contributed by atoms with van der Waals surface area (Å²) >= 11 is 0. The van der Waals surface area contributed by atoms with Gasteiger partial charge in [0.1, 0.15) is 6.04 Å². The molecule has 1 amide bonds. The molecule has 2 rings (SSSR count). The number of benzene rings is 2. The zero-order valence-electron chi connectivity index (χ0n) is 14.0. The lowest BCUT2D eigenvalue weighted by Gasteiger charge is -2.17. The van der Waals surface area contributed by atoms with Crippen LogP contribution in [0.15, 0.2) is 42.5 Å². The van der Waals surface area contributed by atoms with Crippen molar-refractivity contribution in [1.29, 1.82) is 0 Å². The number of esters is 1. The normalized spacial score (nSPS) is 11.7. The Morgan fingerprint density at radius 1 is 1.04 bits per heavy atom. The van der Waals surface area contributed by atoms with Gasteiger partial charge in [-0.3, -0.25) is 4.79 Å². The van der Waals surface area contributed by atoms with E-state index in [9.17, 15) is 18.4 Å².